The normalized spacial score (nSPS) is 13.0. The zero-order valence-corrected chi connectivity index (χ0v) is 9.39. The molecule has 1 unspecified atom stereocenters. The second-order valence-electron chi connectivity index (χ2n) is 3.83. The van der Waals surface area contributed by atoms with E-state index in [9.17, 15) is 4.79 Å². The summed E-state index contributed by atoms with van der Waals surface area (Å²) in [5.41, 5.74) is 0. The second-order valence-corrected chi connectivity index (χ2v) is 3.83. The Morgan fingerprint density at radius 3 is 2.00 bits per heavy atom. The van der Waals surface area contributed by atoms with E-state index in [-0.39, 0.29) is 5.91 Å². The van der Waals surface area contributed by atoms with Crippen LogP contribution in [0.4, 0.5) is 0 Å². The highest BCUT2D eigenvalue weighted by atomic mass is 16.1. The van der Waals surface area contributed by atoms with Gasteiger partial charge in [-0.25, -0.2) is 0 Å². The average molecular weight is 185 g/mol. The summed E-state index contributed by atoms with van der Waals surface area (Å²) in [4.78, 5) is 10.9. The molecule has 0 spiro atoms. The molecular weight excluding hydrogens is 162 g/mol. The van der Waals surface area contributed by atoms with Crippen molar-refractivity contribution in [2.75, 3.05) is 0 Å². The molecule has 0 aliphatic carbocycles. The number of hydrogen-bond donors (Lipinski definition) is 1. The van der Waals surface area contributed by atoms with Gasteiger partial charge in [0, 0.05) is 13.0 Å². The lowest BCUT2D eigenvalue weighted by Crippen LogP contribution is -2.36. The lowest BCUT2D eigenvalue weighted by molar-refractivity contribution is -0.119. The van der Waals surface area contributed by atoms with Crippen LogP contribution in [-0.4, -0.2) is 11.9 Å². The van der Waals surface area contributed by atoms with Crippen molar-refractivity contribution in [1.82, 2.24) is 5.32 Å². The molecule has 0 aromatic carbocycles. The Morgan fingerprint density at radius 1 is 1.23 bits per heavy atom. The van der Waals surface area contributed by atoms with Gasteiger partial charge >= 0.3 is 0 Å². The molecule has 13 heavy (non-hydrogen) atoms. The van der Waals surface area contributed by atoms with Crippen molar-refractivity contribution < 1.29 is 4.79 Å². The average Bonchev–Trinajstić information content (AvgIpc) is 2.02. The minimum Gasteiger partial charge on any atom is -0.354 e. The van der Waals surface area contributed by atoms with Crippen LogP contribution in [0.3, 0.4) is 0 Å². The van der Waals surface area contributed by atoms with E-state index in [0.29, 0.717) is 12.0 Å². The van der Waals surface area contributed by atoms with Crippen molar-refractivity contribution in [2.24, 2.45) is 5.92 Å². The summed E-state index contributed by atoms with van der Waals surface area (Å²) in [6, 6.07) is 0.331. The Morgan fingerprint density at radius 2 is 1.69 bits per heavy atom. The summed E-state index contributed by atoms with van der Waals surface area (Å²) in [5.74, 6) is 0.739. The Kier molecular flexibility index (Phi) is 6.65. The summed E-state index contributed by atoms with van der Waals surface area (Å²) in [5, 5.41) is 2.97. The van der Waals surface area contributed by atoms with E-state index in [1.807, 2.05) is 0 Å². The van der Waals surface area contributed by atoms with Crippen molar-refractivity contribution in [2.45, 2.75) is 59.4 Å². The molecule has 0 bridgehead atoms. The van der Waals surface area contributed by atoms with Crippen molar-refractivity contribution in [1.29, 1.82) is 0 Å². The lowest BCUT2D eigenvalue weighted by atomic mass is 9.91. The molecule has 2 heteroatoms. The standard InChI is InChI=1S/C11H23NO/c1-5-7-11(8-6-2)9(3)12-10(4)13/h9,11H,5-8H2,1-4H3,(H,12,13). The van der Waals surface area contributed by atoms with Crippen molar-refractivity contribution in [3.8, 4) is 0 Å². The van der Waals surface area contributed by atoms with Crippen LogP contribution in [0.2, 0.25) is 0 Å². The maximum Gasteiger partial charge on any atom is 0.217 e. The first-order valence-corrected chi connectivity index (χ1v) is 5.38. The van der Waals surface area contributed by atoms with Crippen LogP contribution >= 0.6 is 0 Å². The first kappa shape index (κ1) is 12.5. The maximum atomic E-state index is 10.9. The molecule has 0 fully saturated rings. The number of amides is 1. The molecule has 0 radical (unpaired) electrons. The van der Waals surface area contributed by atoms with Crippen LogP contribution in [-0.2, 0) is 4.79 Å². The molecule has 0 saturated heterocycles. The van der Waals surface area contributed by atoms with E-state index in [2.05, 4.69) is 26.1 Å². The van der Waals surface area contributed by atoms with E-state index in [4.69, 9.17) is 0 Å². The number of rotatable bonds is 6. The molecular formula is C11H23NO. The van der Waals surface area contributed by atoms with E-state index in [1.54, 1.807) is 6.92 Å². The number of nitrogens with one attached hydrogen (secondary N) is 1. The molecule has 0 saturated carbocycles. The second kappa shape index (κ2) is 6.93. The molecule has 1 N–H and O–H groups in total. The summed E-state index contributed by atoms with van der Waals surface area (Å²) in [7, 11) is 0. The van der Waals surface area contributed by atoms with Crippen molar-refractivity contribution in [3.63, 3.8) is 0 Å². The molecule has 0 rings (SSSR count). The Balaban J connectivity index is 3.93. The third-order valence-electron chi connectivity index (χ3n) is 2.46. The maximum absolute atomic E-state index is 10.9. The van der Waals surface area contributed by atoms with Crippen LogP contribution in [0, 0.1) is 5.92 Å². The molecule has 1 atom stereocenters. The molecule has 0 aromatic heterocycles. The Hall–Kier alpha value is -0.530. The van der Waals surface area contributed by atoms with Gasteiger partial charge in [0.1, 0.15) is 0 Å². The molecule has 0 aliphatic rings. The molecule has 0 aliphatic heterocycles. The van der Waals surface area contributed by atoms with Gasteiger partial charge in [-0.05, 0) is 25.7 Å². The van der Waals surface area contributed by atoms with Crippen LogP contribution in [0.15, 0.2) is 0 Å². The van der Waals surface area contributed by atoms with Gasteiger partial charge in [-0.15, -0.1) is 0 Å². The van der Waals surface area contributed by atoms with Crippen LogP contribution in [0.5, 0.6) is 0 Å². The zero-order chi connectivity index (χ0) is 10.3. The highest BCUT2D eigenvalue weighted by Crippen LogP contribution is 2.17. The first-order chi connectivity index (χ1) is 6.11. The summed E-state index contributed by atoms with van der Waals surface area (Å²) in [6.07, 6.45) is 4.84. The van der Waals surface area contributed by atoms with Crippen LogP contribution < -0.4 is 5.32 Å². The SMILES string of the molecule is CCCC(CCC)C(C)NC(C)=O. The van der Waals surface area contributed by atoms with E-state index >= 15 is 0 Å². The molecule has 78 valence electrons. The minimum absolute atomic E-state index is 0.0877. The van der Waals surface area contributed by atoms with Gasteiger partial charge in [0.15, 0.2) is 0 Å². The minimum atomic E-state index is 0.0877. The third kappa shape index (κ3) is 5.67. The van der Waals surface area contributed by atoms with Gasteiger partial charge in [0.05, 0.1) is 0 Å². The van der Waals surface area contributed by atoms with Gasteiger partial charge < -0.3 is 5.32 Å². The molecule has 0 aromatic rings. The van der Waals surface area contributed by atoms with Gasteiger partial charge in [-0.2, -0.15) is 0 Å². The fourth-order valence-corrected chi connectivity index (χ4v) is 1.82. The molecule has 0 heterocycles. The third-order valence-corrected chi connectivity index (χ3v) is 2.46. The van der Waals surface area contributed by atoms with E-state index < -0.39 is 0 Å². The predicted molar refractivity (Wildman–Crippen MR) is 56.6 cm³/mol. The van der Waals surface area contributed by atoms with Gasteiger partial charge in [0.25, 0.3) is 0 Å². The number of hydrogen-bond acceptors (Lipinski definition) is 1. The summed E-state index contributed by atoms with van der Waals surface area (Å²) in [6.45, 7) is 8.09. The number of carbonyl (C=O) groups is 1. The van der Waals surface area contributed by atoms with E-state index in [1.165, 1.54) is 25.7 Å². The highest BCUT2D eigenvalue weighted by Gasteiger charge is 2.15. The van der Waals surface area contributed by atoms with Crippen LogP contribution in [0.1, 0.15) is 53.4 Å². The monoisotopic (exact) mass is 185 g/mol. The Bertz CT molecular complexity index is 139. The van der Waals surface area contributed by atoms with E-state index in [0.717, 1.165) is 0 Å². The van der Waals surface area contributed by atoms with Crippen LogP contribution in [0.25, 0.3) is 0 Å². The molecule has 1 amide bonds. The van der Waals surface area contributed by atoms with Crippen molar-refractivity contribution >= 4 is 5.91 Å². The fraction of sp³-hybridized carbons (Fsp3) is 0.909. The first-order valence-electron chi connectivity index (χ1n) is 5.38. The van der Waals surface area contributed by atoms with Gasteiger partial charge in [0.2, 0.25) is 5.91 Å². The smallest absolute Gasteiger partial charge is 0.217 e. The number of carbonyl (C=O) groups excluding carboxylic acids is 1. The zero-order valence-electron chi connectivity index (χ0n) is 9.39. The van der Waals surface area contributed by atoms with Gasteiger partial charge in [-0.3, -0.25) is 4.79 Å². The topological polar surface area (TPSA) is 29.1 Å². The Labute approximate surface area is 82.1 Å². The summed E-state index contributed by atoms with van der Waals surface area (Å²) >= 11 is 0. The largest absolute Gasteiger partial charge is 0.354 e. The van der Waals surface area contributed by atoms with Gasteiger partial charge in [-0.1, -0.05) is 26.7 Å². The quantitative estimate of drug-likeness (QED) is 0.677. The summed E-state index contributed by atoms with van der Waals surface area (Å²) < 4.78 is 0. The van der Waals surface area contributed by atoms with Crippen molar-refractivity contribution in [3.05, 3.63) is 0 Å². The predicted octanol–water partition coefficient (Wildman–Crippen LogP) is 2.73. The molecule has 2 nitrogen and oxygen atoms in total. The highest BCUT2D eigenvalue weighted by molar-refractivity contribution is 5.73. The lowest BCUT2D eigenvalue weighted by Gasteiger charge is -2.23. The fourth-order valence-electron chi connectivity index (χ4n) is 1.82.